The van der Waals surface area contributed by atoms with Crippen molar-refractivity contribution in [1.82, 2.24) is 9.78 Å². The number of halogens is 1. The van der Waals surface area contributed by atoms with E-state index in [9.17, 15) is 4.79 Å². The Hall–Kier alpha value is -0.900. The minimum atomic E-state index is -0.548. The van der Waals surface area contributed by atoms with Crippen LogP contribution in [0.4, 0.5) is 0 Å². The number of nitrogens with zero attached hydrogens (tertiary/aromatic N) is 3. The Balaban J connectivity index is 3.01. The minimum Gasteiger partial charge on any atom is -0.293 e. The van der Waals surface area contributed by atoms with Crippen LogP contribution >= 0.6 is 22.6 Å². The number of aromatic nitrogens is 2. The monoisotopic (exact) mass is 303 g/mol. The van der Waals surface area contributed by atoms with Gasteiger partial charge in [0, 0.05) is 7.05 Å². The van der Waals surface area contributed by atoms with E-state index in [1.165, 1.54) is 6.20 Å². The van der Waals surface area contributed by atoms with Crippen LogP contribution in [0, 0.1) is 20.9 Å². The maximum absolute atomic E-state index is 11.8. The van der Waals surface area contributed by atoms with Crippen molar-refractivity contribution in [3.63, 3.8) is 0 Å². The highest BCUT2D eigenvalue weighted by Gasteiger charge is 2.21. The van der Waals surface area contributed by atoms with Gasteiger partial charge in [-0.2, -0.15) is 10.4 Å². The number of carbonyl (C=O) groups excluding carboxylic acids is 1. The van der Waals surface area contributed by atoms with Gasteiger partial charge in [0.25, 0.3) is 0 Å². The quantitative estimate of drug-likeness (QED) is 0.631. The van der Waals surface area contributed by atoms with Gasteiger partial charge >= 0.3 is 0 Å². The molecule has 74 valence electrons. The van der Waals surface area contributed by atoms with Crippen LogP contribution < -0.4 is 0 Å². The SMILES string of the molecule is CCC(C#N)C(=O)c1cnn(C)c1I. The molecule has 14 heavy (non-hydrogen) atoms. The Bertz CT molecular complexity index is 391. The van der Waals surface area contributed by atoms with Gasteiger partial charge in [-0.25, -0.2) is 0 Å². The molecule has 1 unspecified atom stereocenters. The van der Waals surface area contributed by atoms with E-state index >= 15 is 0 Å². The maximum Gasteiger partial charge on any atom is 0.184 e. The van der Waals surface area contributed by atoms with Crippen molar-refractivity contribution in [2.75, 3.05) is 0 Å². The second-order valence-corrected chi connectivity index (χ2v) is 3.95. The van der Waals surface area contributed by atoms with E-state index in [0.29, 0.717) is 12.0 Å². The van der Waals surface area contributed by atoms with E-state index in [1.807, 2.05) is 13.0 Å². The maximum atomic E-state index is 11.8. The van der Waals surface area contributed by atoms with Gasteiger partial charge < -0.3 is 0 Å². The second kappa shape index (κ2) is 4.55. The van der Waals surface area contributed by atoms with E-state index in [0.717, 1.165) is 3.70 Å². The van der Waals surface area contributed by atoms with Gasteiger partial charge in [0.05, 0.1) is 17.8 Å². The molecule has 0 N–H and O–H groups in total. The molecule has 0 aliphatic heterocycles. The van der Waals surface area contributed by atoms with Crippen LogP contribution in [0.1, 0.15) is 23.7 Å². The number of hydrogen-bond donors (Lipinski definition) is 0. The molecule has 0 aromatic carbocycles. The summed E-state index contributed by atoms with van der Waals surface area (Å²) in [5.41, 5.74) is 0.543. The van der Waals surface area contributed by atoms with Crippen molar-refractivity contribution in [2.24, 2.45) is 13.0 Å². The molecule has 4 nitrogen and oxygen atoms in total. The summed E-state index contributed by atoms with van der Waals surface area (Å²) >= 11 is 2.05. The first kappa shape index (κ1) is 11.2. The lowest BCUT2D eigenvalue weighted by molar-refractivity contribution is 0.0945. The van der Waals surface area contributed by atoms with Gasteiger partial charge in [0.2, 0.25) is 0 Å². The predicted octanol–water partition coefficient (Wildman–Crippen LogP) is 1.76. The van der Waals surface area contributed by atoms with Crippen LogP contribution in [0.15, 0.2) is 6.20 Å². The highest BCUT2D eigenvalue weighted by molar-refractivity contribution is 14.1. The normalized spacial score (nSPS) is 12.1. The van der Waals surface area contributed by atoms with Crippen molar-refractivity contribution >= 4 is 28.4 Å². The van der Waals surface area contributed by atoms with Crippen LogP contribution in [0.2, 0.25) is 0 Å². The molecule has 0 saturated carbocycles. The van der Waals surface area contributed by atoms with E-state index in [-0.39, 0.29) is 5.78 Å². The van der Waals surface area contributed by atoms with Crippen LogP contribution in [0.25, 0.3) is 0 Å². The Morgan fingerprint density at radius 2 is 2.50 bits per heavy atom. The highest BCUT2D eigenvalue weighted by atomic mass is 127. The van der Waals surface area contributed by atoms with Gasteiger partial charge in [-0.3, -0.25) is 9.48 Å². The molecule has 1 rings (SSSR count). The molecule has 1 aromatic rings. The molecular weight excluding hydrogens is 293 g/mol. The van der Waals surface area contributed by atoms with Gasteiger partial charge in [-0.05, 0) is 29.0 Å². The van der Waals surface area contributed by atoms with E-state index in [2.05, 4.69) is 27.7 Å². The number of hydrogen-bond acceptors (Lipinski definition) is 3. The molecule has 0 spiro atoms. The third-order valence-electron chi connectivity index (χ3n) is 2.01. The van der Waals surface area contributed by atoms with E-state index in [4.69, 9.17) is 5.26 Å². The zero-order valence-electron chi connectivity index (χ0n) is 7.99. The van der Waals surface area contributed by atoms with Crippen LogP contribution in [-0.2, 0) is 7.05 Å². The first-order valence-corrected chi connectivity index (χ1v) is 5.31. The molecule has 1 atom stereocenters. The lowest BCUT2D eigenvalue weighted by Gasteiger charge is -2.02. The van der Waals surface area contributed by atoms with Gasteiger partial charge in [-0.15, -0.1) is 0 Å². The van der Waals surface area contributed by atoms with Crippen LogP contribution in [0.3, 0.4) is 0 Å². The number of ketones is 1. The highest BCUT2D eigenvalue weighted by Crippen LogP contribution is 2.16. The van der Waals surface area contributed by atoms with Crippen molar-refractivity contribution < 1.29 is 4.79 Å². The van der Waals surface area contributed by atoms with E-state index < -0.39 is 5.92 Å². The molecule has 5 heteroatoms. The zero-order valence-corrected chi connectivity index (χ0v) is 10.1. The Labute approximate surface area is 96.0 Å². The second-order valence-electron chi connectivity index (χ2n) is 2.93. The lowest BCUT2D eigenvalue weighted by atomic mass is 9.99. The number of nitriles is 1. The average molecular weight is 303 g/mol. The van der Waals surface area contributed by atoms with Crippen molar-refractivity contribution in [3.8, 4) is 6.07 Å². The van der Waals surface area contributed by atoms with E-state index in [1.54, 1.807) is 11.7 Å². The van der Waals surface area contributed by atoms with Gasteiger partial charge in [0.15, 0.2) is 5.78 Å². The summed E-state index contributed by atoms with van der Waals surface area (Å²) in [6, 6.07) is 2.00. The van der Waals surface area contributed by atoms with Crippen LogP contribution in [-0.4, -0.2) is 15.6 Å². The number of carbonyl (C=O) groups is 1. The van der Waals surface area contributed by atoms with Gasteiger partial charge in [-0.1, -0.05) is 6.92 Å². The summed E-state index contributed by atoms with van der Waals surface area (Å²) in [6.07, 6.45) is 2.06. The zero-order chi connectivity index (χ0) is 10.7. The molecule has 0 aliphatic rings. The fourth-order valence-electron chi connectivity index (χ4n) is 1.11. The molecule has 0 aliphatic carbocycles. The first-order chi connectivity index (χ1) is 6.61. The molecule has 0 bridgehead atoms. The minimum absolute atomic E-state index is 0.132. The Kier molecular flexibility index (Phi) is 3.63. The van der Waals surface area contributed by atoms with Crippen molar-refractivity contribution in [1.29, 1.82) is 5.26 Å². The summed E-state index contributed by atoms with van der Waals surface area (Å²) in [6.45, 7) is 1.83. The fraction of sp³-hybridized carbons (Fsp3) is 0.444. The molecule has 0 fully saturated rings. The molecule has 0 saturated heterocycles. The lowest BCUT2D eigenvalue weighted by Crippen LogP contribution is -2.12. The number of rotatable bonds is 3. The average Bonchev–Trinajstić information content (AvgIpc) is 2.49. The summed E-state index contributed by atoms with van der Waals surface area (Å²) < 4.78 is 2.40. The predicted molar refractivity (Wildman–Crippen MR) is 59.6 cm³/mol. The summed E-state index contributed by atoms with van der Waals surface area (Å²) in [5, 5.41) is 12.7. The molecule has 1 aromatic heterocycles. The Morgan fingerprint density at radius 3 is 2.86 bits per heavy atom. The summed E-state index contributed by atoms with van der Waals surface area (Å²) in [7, 11) is 1.77. The third-order valence-corrected chi connectivity index (χ3v) is 3.29. The molecule has 0 radical (unpaired) electrons. The number of aryl methyl sites for hydroxylation is 1. The fourth-order valence-corrected chi connectivity index (χ4v) is 1.64. The standard InChI is InChI=1S/C9H10IN3O/c1-3-6(4-11)8(14)7-5-12-13(2)9(7)10/h5-6H,3H2,1-2H3. The smallest absolute Gasteiger partial charge is 0.184 e. The van der Waals surface area contributed by atoms with Gasteiger partial charge in [0.1, 0.15) is 9.62 Å². The Morgan fingerprint density at radius 1 is 1.86 bits per heavy atom. The third kappa shape index (κ3) is 1.95. The largest absolute Gasteiger partial charge is 0.293 e. The number of Topliss-reactive ketones (excluding diaryl/α,β-unsaturated/α-hetero) is 1. The summed E-state index contributed by atoms with van der Waals surface area (Å²) in [5.74, 6) is -0.680. The summed E-state index contributed by atoms with van der Waals surface area (Å²) in [4.78, 5) is 11.8. The first-order valence-electron chi connectivity index (χ1n) is 4.23. The molecule has 0 amide bonds. The topological polar surface area (TPSA) is 58.7 Å². The van der Waals surface area contributed by atoms with Crippen molar-refractivity contribution in [3.05, 3.63) is 15.5 Å². The van der Waals surface area contributed by atoms with Crippen molar-refractivity contribution in [2.45, 2.75) is 13.3 Å². The molecular formula is C9H10IN3O. The van der Waals surface area contributed by atoms with Crippen LogP contribution in [0.5, 0.6) is 0 Å². The molecule has 1 heterocycles.